The molecule has 0 unspecified atom stereocenters. The Kier molecular flexibility index (Phi) is 7.28. The first kappa shape index (κ1) is 20.2. The number of hydrogen-bond donors (Lipinski definition) is 0. The van der Waals surface area contributed by atoms with E-state index in [4.69, 9.17) is 12.2 Å². The summed E-state index contributed by atoms with van der Waals surface area (Å²) in [5.74, 6) is -1.71. The summed E-state index contributed by atoms with van der Waals surface area (Å²) in [6.45, 7) is 3.83. The van der Waals surface area contributed by atoms with Crippen molar-refractivity contribution in [1.29, 1.82) is 0 Å². The molecule has 0 radical (unpaired) electrons. The van der Waals surface area contributed by atoms with Crippen LogP contribution in [0.5, 0.6) is 0 Å². The molecule has 2 rings (SSSR count). The van der Waals surface area contributed by atoms with E-state index >= 15 is 0 Å². The summed E-state index contributed by atoms with van der Waals surface area (Å²) in [7, 11) is 1.48. The van der Waals surface area contributed by atoms with E-state index in [2.05, 4.69) is 6.58 Å². The molecule has 2 aliphatic heterocycles. The number of amides is 2. The number of aliphatic carboxylic acids is 1. The number of hydrogen-bond acceptors (Lipinski definition) is 7. The maximum atomic E-state index is 12.6. The molecule has 0 N–H and O–H groups in total. The van der Waals surface area contributed by atoms with Crippen molar-refractivity contribution in [3.05, 3.63) is 23.3 Å². The first-order valence-electron chi connectivity index (χ1n) is 6.45. The fourth-order valence-electron chi connectivity index (χ4n) is 2.20. The van der Waals surface area contributed by atoms with E-state index in [0.29, 0.717) is 17.3 Å². The van der Waals surface area contributed by atoms with Gasteiger partial charge in [-0.1, -0.05) is 6.08 Å². The number of carbonyl (C=O) groups is 3. The summed E-state index contributed by atoms with van der Waals surface area (Å²) < 4.78 is 0. The van der Waals surface area contributed by atoms with Crippen molar-refractivity contribution in [2.75, 3.05) is 32.4 Å². The van der Waals surface area contributed by atoms with Crippen molar-refractivity contribution < 1.29 is 49.0 Å². The molecule has 0 spiro atoms. The monoisotopic (exact) mass is 363 g/mol. The number of carboxylic acid groups (broad SMARTS) is 1. The van der Waals surface area contributed by atoms with Crippen molar-refractivity contribution in [3.63, 3.8) is 0 Å². The Hall–Kier alpha value is -0.870. The van der Waals surface area contributed by atoms with Gasteiger partial charge in [-0.25, -0.2) is 0 Å². The summed E-state index contributed by atoms with van der Waals surface area (Å²) in [5, 5.41) is 11.3. The summed E-state index contributed by atoms with van der Waals surface area (Å²) in [5.41, 5.74) is -0.0540. The largest absolute Gasteiger partial charge is 1.00 e. The van der Waals surface area contributed by atoms with E-state index in [0.717, 1.165) is 0 Å². The van der Waals surface area contributed by atoms with E-state index in [1.54, 1.807) is 0 Å². The van der Waals surface area contributed by atoms with Gasteiger partial charge in [0, 0.05) is 25.9 Å². The number of thiocarbonyl (C=S) groups is 1. The third-order valence-corrected chi connectivity index (χ3v) is 4.84. The molecule has 2 heterocycles. The number of rotatable bonds is 4. The van der Waals surface area contributed by atoms with Gasteiger partial charge in [0.2, 0.25) is 0 Å². The van der Waals surface area contributed by atoms with Crippen LogP contribution in [0.2, 0.25) is 0 Å². The van der Waals surface area contributed by atoms with Crippen LogP contribution in [0.25, 0.3) is 0 Å². The predicted octanol–water partition coefficient (Wildman–Crippen LogP) is -4.23. The van der Waals surface area contributed by atoms with Crippen molar-refractivity contribution in [2.45, 2.75) is 0 Å². The van der Waals surface area contributed by atoms with Crippen LogP contribution in [0.1, 0.15) is 0 Å². The van der Waals surface area contributed by atoms with Gasteiger partial charge in [-0.05, 0) is 12.2 Å². The molecule has 0 aromatic heterocycles. The molecule has 0 aromatic carbocycles. The molecule has 10 heteroatoms. The zero-order chi connectivity index (χ0) is 16.4. The Morgan fingerprint density at radius 1 is 1.43 bits per heavy atom. The van der Waals surface area contributed by atoms with Crippen LogP contribution in [-0.4, -0.2) is 70.0 Å². The van der Waals surface area contributed by atoms with Crippen LogP contribution in [0, 0.1) is 0 Å². The molecule has 23 heavy (non-hydrogen) atoms. The summed E-state index contributed by atoms with van der Waals surface area (Å²) in [6.07, 6.45) is 1.51. The zero-order valence-electron chi connectivity index (χ0n) is 12.9. The van der Waals surface area contributed by atoms with Gasteiger partial charge in [-0.15, -0.1) is 18.3 Å². The van der Waals surface area contributed by atoms with Gasteiger partial charge in [0.15, 0.2) is 5.11 Å². The molecule has 2 fully saturated rings. The molecule has 0 atom stereocenters. The van der Waals surface area contributed by atoms with Gasteiger partial charge < -0.3 is 14.8 Å². The van der Waals surface area contributed by atoms with Crippen molar-refractivity contribution in [2.24, 2.45) is 0 Å². The number of thioether (sulfide) groups is 1. The minimum absolute atomic E-state index is 0. The van der Waals surface area contributed by atoms with Crippen molar-refractivity contribution in [3.8, 4) is 0 Å². The van der Waals surface area contributed by atoms with Crippen LogP contribution in [-0.2, 0) is 14.4 Å². The van der Waals surface area contributed by atoms with Crippen LogP contribution >= 0.6 is 24.0 Å². The number of carbonyl (C=O) groups excluding carboxylic acids is 3. The van der Waals surface area contributed by atoms with Crippen LogP contribution < -0.4 is 34.7 Å². The van der Waals surface area contributed by atoms with E-state index in [1.165, 1.54) is 39.6 Å². The Labute approximate surface area is 165 Å². The molecule has 2 saturated heterocycles. The van der Waals surface area contributed by atoms with E-state index in [9.17, 15) is 19.5 Å². The minimum Gasteiger partial charge on any atom is -0.548 e. The molecule has 0 aliphatic carbocycles. The first-order valence-corrected chi connectivity index (χ1v) is 7.84. The maximum absolute atomic E-state index is 12.6. The van der Waals surface area contributed by atoms with Crippen LogP contribution in [0.4, 0.5) is 0 Å². The number of likely N-dealkylation sites (N-methyl/N-ethyl adjacent to an activating group) is 1. The molecular weight excluding hydrogens is 349 g/mol. The van der Waals surface area contributed by atoms with Gasteiger partial charge in [-0.3, -0.25) is 19.4 Å². The maximum Gasteiger partial charge on any atom is 1.00 e. The Bertz CT molecular complexity index is 608. The number of carboxylic acids is 1. The molecule has 7 nitrogen and oxygen atoms in total. The van der Waals surface area contributed by atoms with Gasteiger partial charge in [0.05, 0.1) is 17.5 Å². The third kappa shape index (κ3) is 3.97. The average molecular weight is 363 g/mol. The molecule has 0 saturated carbocycles. The normalized spacial score (nSPS) is 21.6. The minimum atomic E-state index is -1.26. The second-order valence-corrected chi connectivity index (χ2v) is 6.12. The fraction of sp³-hybridized carbons (Fsp3) is 0.385. The van der Waals surface area contributed by atoms with Crippen molar-refractivity contribution in [1.82, 2.24) is 14.7 Å². The quantitative estimate of drug-likeness (QED) is 0.165. The SMILES string of the molecule is C=CCN1C(=O)/C(=C2/SCCN2CC(=O)[O-])C(=O)N(C)C1=S.[Na+]. The molecule has 0 bridgehead atoms. The van der Waals surface area contributed by atoms with Crippen LogP contribution in [0.15, 0.2) is 23.3 Å². The van der Waals surface area contributed by atoms with Gasteiger partial charge >= 0.3 is 29.6 Å². The van der Waals surface area contributed by atoms with Crippen LogP contribution in [0.3, 0.4) is 0 Å². The molecule has 2 amide bonds. The van der Waals surface area contributed by atoms with E-state index in [-0.39, 0.29) is 53.3 Å². The van der Waals surface area contributed by atoms with Gasteiger partial charge in [0.1, 0.15) is 5.57 Å². The Balaban J connectivity index is 0.00000264. The average Bonchev–Trinajstić information content (AvgIpc) is 2.89. The summed E-state index contributed by atoms with van der Waals surface area (Å²) >= 11 is 6.39. The van der Waals surface area contributed by atoms with Crippen molar-refractivity contribution >= 4 is 46.9 Å². The zero-order valence-corrected chi connectivity index (χ0v) is 16.5. The van der Waals surface area contributed by atoms with Gasteiger partial charge in [0.25, 0.3) is 11.8 Å². The van der Waals surface area contributed by atoms with E-state index < -0.39 is 17.8 Å². The predicted molar refractivity (Wildman–Crippen MR) is 83.3 cm³/mol. The second-order valence-electron chi connectivity index (χ2n) is 4.67. The van der Waals surface area contributed by atoms with E-state index in [1.807, 2.05) is 0 Å². The third-order valence-electron chi connectivity index (χ3n) is 3.23. The van der Waals surface area contributed by atoms with Gasteiger partial charge in [-0.2, -0.15) is 0 Å². The molecule has 2 aliphatic rings. The second kappa shape index (κ2) is 8.29. The fourth-order valence-corrected chi connectivity index (χ4v) is 3.61. The topological polar surface area (TPSA) is 84.0 Å². The Morgan fingerprint density at radius 2 is 2.09 bits per heavy atom. The first-order chi connectivity index (χ1) is 10.4. The molecule has 118 valence electrons. The molecule has 0 aromatic rings. The Morgan fingerprint density at radius 3 is 2.65 bits per heavy atom. The molecular formula is C13H14N3NaO4S2. The standard InChI is InChI=1S/C13H15N3O4S2.Na/c1-3-4-16-11(20)9(10(19)14(2)13(16)21)12-15(5-6-22-12)7-8(17)18;/h3H,1,4-7H2,2H3,(H,17,18);/q;+1/p-1/b12-9+;. The summed E-state index contributed by atoms with van der Waals surface area (Å²) in [6, 6.07) is 0. The number of nitrogens with zero attached hydrogens (tertiary/aromatic N) is 3. The summed E-state index contributed by atoms with van der Waals surface area (Å²) in [4.78, 5) is 39.8. The smallest absolute Gasteiger partial charge is 0.548 e.